The number of nitriles is 1. The van der Waals surface area contributed by atoms with Gasteiger partial charge in [0.2, 0.25) is 5.88 Å². The lowest BCUT2D eigenvalue weighted by Gasteiger charge is -2.14. The Morgan fingerprint density at radius 2 is 2.08 bits per heavy atom. The molecule has 0 unspecified atom stereocenters. The van der Waals surface area contributed by atoms with Crippen LogP contribution >= 0.6 is 15.9 Å². The number of nitrogens with zero attached hydrogens (tertiary/aromatic N) is 4. The molecule has 0 saturated heterocycles. The van der Waals surface area contributed by atoms with Crippen LogP contribution in [0.3, 0.4) is 0 Å². The van der Waals surface area contributed by atoms with Gasteiger partial charge in [-0.1, -0.05) is 35.8 Å². The van der Waals surface area contributed by atoms with E-state index in [-0.39, 0.29) is 23.0 Å². The highest BCUT2D eigenvalue weighted by molar-refractivity contribution is 9.10. The normalized spacial score (nSPS) is 11.2. The molecule has 2 aromatic rings. The maximum Gasteiger partial charge on any atom is 0.281 e. The van der Waals surface area contributed by atoms with Gasteiger partial charge in [0.15, 0.2) is 5.69 Å². The van der Waals surface area contributed by atoms with Crippen molar-refractivity contribution in [2.75, 3.05) is 0 Å². The molecule has 0 fully saturated rings. The number of halogens is 1. The molecule has 1 N–H and O–H groups in total. The molecule has 0 saturated carbocycles. The summed E-state index contributed by atoms with van der Waals surface area (Å²) in [5.74, 6) is -0.201. The molecule has 0 atom stereocenters. The van der Waals surface area contributed by atoms with Crippen LogP contribution in [-0.4, -0.2) is 9.67 Å². The zero-order valence-electron chi connectivity index (χ0n) is 13.6. The number of pyridine rings is 1. The second-order valence-corrected chi connectivity index (χ2v) is 6.69. The fourth-order valence-corrected chi connectivity index (χ4v) is 2.62. The number of hydrogen-bond donors (Lipinski definition) is 1. The fourth-order valence-electron chi connectivity index (χ4n) is 2.24. The van der Waals surface area contributed by atoms with E-state index in [1.54, 1.807) is 25.1 Å². The summed E-state index contributed by atoms with van der Waals surface area (Å²) < 4.78 is 2.02. The second-order valence-electron chi connectivity index (χ2n) is 5.77. The van der Waals surface area contributed by atoms with E-state index in [1.165, 1.54) is 4.57 Å². The third-order valence-corrected chi connectivity index (χ3v) is 3.88. The summed E-state index contributed by atoms with van der Waals surface area (Å²) in [6.07, 6.45) is 0. The van der Waals surface area contributed by atoms with E-state index in [9.17, 15) is 15.2 Å². The summed E-state index contributed by atoms with van der Waals surface area (Å²) in [6, 6.07) is 9.11. The lowest BCUT2D eigenvalue weighted by molar-refractivity contribution is 0.381. The summed E-state index contributed by atoms with van der Waals surface area (Å²) in [6.45, 7) is 5.70. The van der Waals surface area contributed by atoms with E-state index in [0.29, 0.717) is 17.8 Å². The van der Waals surface area contributed by atoms with Crippen LogP contribution in [0.2, 0.25) is 0 Å². The molecule has 7 heteroatoms. The van der Waals surface area contributed by atoms with Crippen LogP contribution in [0.1, 0.15) is 25.0 Å². The number of azo groups is 1. The van der Waals surface area contributed by atoms with Crippen molar-refractivity contribution >= 4 is 27.3 Å². The molecule has 0 spiro atoms. The quantitative estimate of drug-likeness (QED) is 0.777. The maximum absolute atomic E-state index is 12.6. The third kappa shape index (κ3) is 3.71. The number of benzene rings is 1. The number of aromatic nitrogens is 1. The lowest BCUT2D eigenvalue weighted by atomic mass is 10.1. The lowest BCUT2D eigenvalue weighted by Crippen LogP contribution is -2.24. The SMILES string of the molecule is Cc1c(C#N)c(O)n(CC(C)C)c(=O)c1N=Nc1cccc(Br)c1. The van der Waals surface area contributed by atoms with Crippen LogP contribution < -0.4 is 5.56 Å². The van der Waals surface area contributed by atoms with Crippen LogP contribution in [0.5, 0.6) is 5.88 Å². The molecule has 124 valence electrons. The Kier molecular flexibility index (Phi) is 5.52. The van der Waals surface area contributed by atoms with E-state index in [4.69, 9.17) is 0 Å². The van der Waals surface area contributed by atoms with Crippen molar-refractivity contribution in [1.29, 1.82) is 5.26 Å². The van der Waals surface area contributed by atoms with E-state index >= 15 is 0 Å². The fraction of sp³-hybridized carbons (Fsp3) is 0.294. The Labute approximate surface area is 148 Å². The van der Waals surface area contributed by atoms with Gasteiger partial charge in [0.25, 0.3) is 5.56 Å². The number of aromatic hydroxyl groups is 1. The number of rotatable bonds is 4. The van der Waals surface area contributed by atoms with Gasteiger partial charge < -0.3 is 5.11 Å². The molecule has 0 aliphatic carbocycles. The molecule has 0 amide bonds. The van der Waals surface area contributed by atoms with Gasteiger partial charge in [-0.15, -0.1) is 5.11 Å². The summed E-state index contributed by atoms with van der Waals surface area (Å²) >= 11 is 3.34. The summed E-state index contributed by atoms with van der Waals surface area (Å²) in [7, 11) is 0. The van der Waals surface area contributed by atoms with Crippen LogP contribution in [0, 0.1) is 24.2 Å². The Bertz CT molecular complexity index is 895. The van der Waals surface area contributed by atoms with Gasteiger partial charge >= 0.3 is 0 Å². The Morgan fingerprint density at radius 3 is 2.67 bits per heavy atom. The standard InChI is InChI=1S/C17H17BrN4O2/c1-10(2)9-22-16(23)14(8-19)11(3)15(17(22)24)21-20-13-6-4-5-12(18)7-13/h4-7,10,23H,9H2,1-3H3. The van der Waals surface area contributed by atoms with Gasteiger partial charge in [0, 0.05) is 16.6 Å². The first kappa shape index (κ1) is 17.9. The Morgan fingerprint density at radius 1 is 1.38 bits per heavy atom. The molecule has 0 aliphatic rings. The molecule has 1 aromatic heterocycles. The monoisotopic (exact) mass is 388 g/mol. The summed E-state index contributed by atoms with van der Waals surface area (Å²) in [4.78, 5) is 12.6. The molecule has 0 aliphatic heterocycles. The molecular formula is C17H17BrN4O2. The first-order valence-corrected chi connectivity index (χ1v) is 8.18. The predicted octanol–water partition coefficient (Wildman–Crippen LogP) is 4.57. The highest BCUT2D eigenvalue weighted by Gasteiger charge is 2.19. The molecule has 24 heavy (non-hydrogen) atoms. The molecule has 1 aromatic carbocycles. The van der Waals surface area contributed by atoms with Crippen molar-refractivity contribution in [3.8, 4) is 11.9 Å². The third-order valence-electron chi connectivity index (χ3n) is 3.39. The number of hydrogen-bond acceptors (Lipinski definition) is 5. The predicted molar refractivity (Wildman–Crippen MR) is 95.0 cm³/mol. The largest absolute Gasteiger partial charge is 0.493 e. The molecule has 0 bridgehead atoms. The first-order valence-electron chi connectivity index (χ1n) is 7.39. The molecular weight excluding hydrogens is 372 g/mol. The minimum Gasteiger partial charge on any atom is -0.493 e. The first-order chi connectivity index (χ1) is 11.3. The van der Waals surface area contributed by atoms with Crippen molar-refractivity contribution in [3.63, 3.8) is 0 Å². The van der Waals surface area contributed by atoms with E-state index < -0.39 is 5.56 Å². The minimum absolute atomic E-state index is 0.0402. The van der Waals surface area contributed by atoms with Crippen LogP contribution in [0.4, 0.5) is 11.4 Å². The van der Waals surface area contributed by atoms with Crippen molar-refractivity contribution in [1.82, 2.24) is 4.57 Å². The molecule has 0 radical (unpaired) electrons. The zero-order valence-corrected chi connectivity index (χ0v) is 15.2. The van der Waals surface area contributed by atoms with Crippen LogP contribution in [0.25, 0.3) is 0 Å². The van der Waals surface area contributed by atoms with Crippen molar-refractivity contribution < 1.29 is 5.11 Å². The van der Waals surface area contributed by atoms with Gasteiger partial charge in [0.05, 0.1) is 5.69 Å². The van der Waals surface area contributed by atoms with Gasteiger partial charge in [0.1, 0.15) is 11.6 Å². The Hall–Kier alpha value is -2.46. The maximum atomic E-state index is 12.6. The van der Waals surface area contributed by atoms with E-state index in [2.05, 4.69) is 26.2 Å². The summed E-state index contributed by atoms with van der Waals surface area (Å²) in [5, 5.41) is 27.6. The second kappa shape index (κ2) is 7.41. The molecule has 6 nitrogen and oxygen atoms in total. The van der Waals surface area contributed by atoms with Crippen molar-refractivity contribution in [3.05, 3.63) is 50.2 Å². The minimum atomic E-state index is -0.462. The molecule has 1 heterocycles. The topological polar surface area (TPSA) is 90.7 Å². The van der Waals surface area contributed by atoms with Crippen LogP contribution in [-0.2, 0) is 6.54 Å². The van der Waals surface area contributed by atoms with Crippen molar-refractivity contribution in [2.45, 2.75) is 27.3 Å². The van der Waals surface area contributed by atoms with Gasteiger partial charge in [-0.25, -0.2) is 0 Å². The van der Waals surface area contributed by atoms with E-state index in [0.717, 1.165) is 4.47 Å². The Balaban J connectivity index is 2.61. The van der Waals surface area contributed by atoms with Gasteiger partial charge in [-0.3, -0.25) is 9.36 Å². The van der Waals surface area contributed by atoms with Gasteiger partial charge in [-0.05, 0) is 31.0 Å². The molecule has 2 rings (SSSR count). The smallest absolute Gasteiger partial charge is 0.281 e. The zero-order chi connectivity index (χ0) is 17.9. The average molecular weight is 389 g/mol. The van der Waals surface area contributed by atoms with Crippen molar-refractivity contribution in [2.24, 2.45) is 16.1 Å². The highest BCUT2D eigenvalue weighted by Crippen LogP contribution is 2.27. The highest BCUT2D eigenvalue weighted by atomic mass is 79.9. The van der Waals surface area contributed by atoms with Gasteiger partial charge in [-0.2, -0.15) is 10.4 Å². The van der Waals surface area contributed by atoms with Crippen LogP contribution in [0.15, 0.2) is 43.8 Å². The average Bonchev–Trinajstić information content (AvgIpc) is 2.52. The van der Waals surface area contributed by atoms with E-state index in [1.807, 2.05) is 26.0 Å². The summed E-state index contributed by atoms with van der Waals surface area (Å²) in [5.41, 5.74) is 0.531.